The summed E-state index contributed by atoms with van der Waals surface area (Å²) in [5, 5.41) is 1.38. The molecule has 0 bridgehead atoms. The second kappa shape index (κ2) is 7.18. The molecule has 0 aliphatic carbocycles. The smallest absolute Gasteiger partial charge is 0.410 e. The molecular formula is C19H21Cl2NO2S. The van der Waals surface area contributed by atoms with Crippen LogP contribution in [0.25, 0.3) is 10.4 Å². The van der Waals surface area contributed by atoms with Gasteiger partial charge in [-0.05, 0) is 63.4 Å². The average Bonchev–Trinajstić information content (AvgIpc) is 2.81. The van der Waals surface area contributed by atoms with E-state index in [1.54, 1.807) is 22.3 Å². The van der Waals surface area contributed by atoms with Gasteiger partial charge in [0, 0.05) is 38.5 Å². The molecule has 2 heterocycles. The van der Waals surface area contributed by atoms with Crippen LogP contribution in [0.2, 0.25) is 10.0 Å². The standard InChI is InChI=1S/C19H21Cl2NO2S/c1-19(2,3)24-18(23)22-8-6-12-10-17(25-16(12)7-9-22)14-11-13(20)4-5-15(14)21/h4-5,10-11H,6-9H2,1-3H3. The molecule has 134 valence electrons. The molecule has 25 heavy (non-hydrogen) atoms. The number of ether oxygens (including phenoxy) is 1. The molecule has 1 aliphatic rings. The van der Waals surface area contributed by atoms with E-state index in [0.29, 0.717) is 23.1 Å². The van der Waals surface area contributed by atoms with Crippen LogP contribution in [0.4, 0.5) is 4.79 Å². The number of carbonyl (C=O) groups is 1. The van der Waals surface area contributed by atoms with Crippen molar-refractivity contribution in [2.24, 2.45) is 0 Å². The van der Waals surface area contributed by atoms with Crippen LogP contribution in [0.3, 0.4) is 0 Å². The fourth-order valence-electron chi connectivity index (χ4n) is 2.82. The first kappa shape index (κ1) is 18.6. The number of carbonyl (C=O) groups excluding carboxylic acids is 1. The number of hydrogen-bond acceptors (Lipinski definition) is 3. The van der Waals surface area contributed by atoms with Gasteiger partial charge in [0.25, 0.3) is 0 Å². The van der Waals surface area contributed by atoms with Gasteiger partial charge < -0.3 is 9.64 Å². The average molecular weight is 398 g/mol. The number of benzene rings is 1. The van der Waals surface area contributed by atoms with Crippen molar-refractivity contribution >= 4 is 40.6 Å². The summed E-state index contributed by atoms with van der Waals surface area (Å²) in [6.07, 6.45) is 1.42. The molecule has 2 aromatic rings. The van der Waals surface area contributed by atoms with Gasteiger partial charge in [-0.15, -0.1) is 11.3 Å². The van der Waals surface area contributed by atoms with Gasteiger partial charge >= 0.3 is 6.09 Å². The summed E-state index contributed by atoms with van der Waals surface area (Å²) in [7, 11) is 0. The highest BCUT2D eigenvalue weighted by Gasteiger charge is 2.25. The predicted molar refractivity (Wildman–Crippen MR) is 105 cm³/mol. The van der Waals surface area contributed by atoms with Crippen LogP contribution in [0.5, 0.6) is 0 Å². The van der Waals surface area contributed by atoms with E-state index >= 15 is 0 Å². The Balaban J connectivity index is 1.76. The summed E-state index contributed by atoms with van der Waals surface area (Å²) >= 11 is 14.2. The summed E-state index contributed by atoms with van der Waals surface area (Å²) in [5.41, 5.74) is 1.78. The van der Waals surface area contributed by atoms with Crippen LogP contribution >= 0.6 is 34.5 Å². The number of amides is 1. The molecule has 3 rings (SSSR count). The fraction of sp³-hybridized carbons (Fsp3) is 0.421. The van der Waals surface area contributed by atoms with Gasteiger partial charge in [-0.25, -0.2) is 4.79 Å². The molecular weight excluding hydrogens is 377 g/mol. The van der Waals surface area contributed by atoms with Gasteiger partial charge in [0.15, 0.2) is 0 Å². The Morgan fingerprint density at radius 2 is 1.88 bits per heavy atom. The molecule has 1 aliphatic heterocycles. The molecule has 0 fully saturated rings. The normalized spacial score (nSPS) is 14.8. The largest absolute Gasteiger partial charge is 0.444 e. The lowest BCUT2D eigenvalue weighted by Crippen LogP contribution is -2.38. The molecule has 0 saturated heterocycles. The zero-order valence-corrected chi connectivity index (χ0v) is 16.9. The molecule has 1 aromatic carbocycles. The first-order chi connectivity index (χ1) is 11.7. The topological polar surface area (TPSA) is 29.5 Å². The first-order valence-corrected chi connectivity index (χ1v) is 9.85. The summed E-state index contributed by atoms with van der Waals surface area (Å²) in [4.78, 5) is 16.5. The third-order valence-corrected chi connectivity index (χ3v) is 5.84. The number of fused-ring (bicyclic) bond motifs is 1. The maximum absolute atomic E-state index is 12.3. The SMILES string of the molecule is CC(C)(C)OC(=O)N1CCc2cc(-c3cc(Cl)ccc3Cl)sc2CC1. The van der Waals surface area contributed by atoms with E-state index in [4.69, 9.17) is 27.9 Å². The number of thiophene rings is 1. The monoisotopic (exact) mass is 397 g/mol. The number of hydrogen-bond donors (Lipinski definition) is 0. The molecule has 0 spiro atoms. The Morgan fingerprint density at radius 3 is 2.60 bits per heavy atom. The van der Waals surface area contributed by atoms with E-state index in [9.17, 15) is 4.79 Å². The molecule has 3 nitrogen and oxygen atoms in total. The first-order valence-electron chi connectivity index (χ1n) is 8.28. The zero-order valence-electron chi connectivity index (χ0n) is 14.6. The molecule has 0 radical (unpaired) electrons. The number of halogens is 2. The number of rotatable bonds is 1. The summed E-state index contributed by atoms with van der Waals surface area (Å²) < 4.78 is 5.49. The molecule has 1 amide bonds. The molecule has 0 N–H and O–H groups in total. The Hall–Kier alpha value is -1.23. The molecule has 6 heteroatoms. The minimum Gasteiger partial charge on any atom is -0.444 e. The van der Waals surface area contributed by atoms with Gasteiger partial charge in [0.05, 0.1) is 0 Å². The van der Waals surface area contributed by atoms with Crippen LogP contribution in [0.15, 0.2) is 24.3 Å². The second-order valence-corrected chi connectivity index (χ2v) is 9.13. The van der Waals surface area contributed by atoms with Crippen LogP contribution in [0.1, 0.15) is 31.2 Å². The maximum atomic E-state index is 12.3. The van der Waals surface area contributed by atoms with Crippen LogP contribution in [-0.4, -0.2) is 29.7 Å². The van der Waals surface area contributed by atoms with Crippen molar-refractivity contribution < 1.29 is 9.53 Å². The molecule has 1 aromatic heterocycles. The third kappa shape index (κ3) is 4.49. The Morgan fingerprint density at radius 1 is 1.16 bits per heavy atom. The van der Waals surface area contributed by atoms with E-state index in [2.05, 4.69) is 6.07 Å². The fourth-order valence-corrected chi connectivity index (χ4v) is 4.50. The maximum Gasteiger partial charge on any atom is 0.410 e. The Kier molecular flexibility index (Phi) is 5.33. The van der Waals surface area contributed by atoms with E-state index in [0.717, 1.165) is 23.3 Å². The lowest BCUT2D eigenvalue weighted by Gasteiger charge is -2.26. The van der Waals surface area contributed by atoms with Crippen molar-refractivity contribution in [1.82, 2.24) is 4.90 Å². The van der Waals surface area contributed by atoms with Crippen molar-refractivity contribution in [3.8, 4) is 10.4 Å². The van der Waals surface area contributed by atoms with Crippen molar-refractivity contribution in [3.05, 3.63) is 44.8 Å². The molecule has 0 saturated carbocycles. The summed E-state index contributed by atoms with van der Waals surface area (Å²) in [6.45, 7) is 7.01. The predicted octanol–water partition coefficient (Wildman–Crippen LogP) is 6.06. The van der Waals surface area contributed by atoms with Gasteiger partial charge in [0.2, 0.25) is 0 Å². The van der Waals surface area contributed by atoms with Gasteiger partial charge in [-0.1, -0.05) is 23.2 Å². The minimum absolute atomic E-state index is 0.235. The van der Waals surface area contributed by atoms with Crippen molar-refractivity contribution in [1.29, 1.82) is 0 Å². The minimum atomic E-state index is -0.468. The van der Waals surface area contributed by atoms with Gasteiger partial charge in [-0.2, -0.15) is 0 Å². The lowest BCUT2D eigenvalue weighted by atomic mass is 10.1. The Labute approximate surface area is 162 Å². The zero-order chi connectivity index (χ0) is 18.2. The molecule has 0 atom stereocenters. The van der Waals surface area contributed by atoms with Crippen LogP contribution in [-0.2, 0) is 17.6 Å². The van der Waals surface area contributed by atoms with E-state index in [-0.39, 0.29) is 6.09 Å². The van der Waals surface area contributed by atoms with Gasteiger partial charge in [0.1, 0.15) is 5.60 Å². The Bertz CT molecular complexity index is 770. The van der Waals surface area contributed by atoms with Crippen molar-refractivity contribution in [3.63, 3.8) is 0 Å². The second-order valence-electron chi connectivity index (χ2n) is 7.15. The van der Waals surface area contributed by atoms with Crippen molar-refractivity contribution in [2.75, 3.05) is 13.1 Å². The molecule has 0 unspecified atom stereocenters. The quantitative estimate of drug-likeness (QED) is 0.585. The highest BCUT2D eigenvalue weighted by Crippen LogP contribution is 2.38. The van der Waals surface area contributed by atoms with E-state index in [1.165, 1.54) is 10.4 Å². The van der Waals surface area contributed by atoms with E-state index < -0.39 is 5.60 Å². The third-order valence-electron chi connectivity index (χ3n) is 4.00. The summed E-state index contributed by atoms with van der Waals surface area (Å²) in [5.74, 6) is 0. The van der Waals surface area contributed by atoms with Crippen LogP contribution in [0, 0.1) is 0 Å². The number of nitrogens with zero attached hydrogens (tertiary/aromatic N) is 1. The summed E-state index contributed by atoms with van der Waals surface area (Å²) in [6, 6.07) is 7.71. The van der Waals surface area contributed by atoms with Crippen LogP contribution < -0.4 is 0 Å². The highest BCUT2D eigenvalue weighted by molar-refractivity contribution is 7.15. The highest BCUT2D eigenvalue weighted by atomic mass is 35.5. The van der Waals surface area contributed by atoms with E-state index in [1.807, 2.05) is 32.9 Å². The van der Waals surface area contributed by atoms with Gasteiger partial charge in [-0.3, -0.25) is 0 Å². The lowest BCUT2D eigenvalue weighted by molar-refractivity contribution is 0.0258. The van der Waals surface area contributed by atoms with Crippen molar-refractivity contribution in [2.45, 2.75) is 39.2 Å².